The Morgan fingerprint density at radius 3 is 2.54 bits per heavy atom. The molecule has 3 rings (SSSR count). The first kappa shape index (κ1) is 16.4. The van der Waals surface area contributed by atoms with Gasteiger partial charge in [0.25, 0.3) is 0 Å². The van der Waals surface area contributed by atoms with Crippen LogP contribution in [0.2, 0.25) is 0 Å². The van der Waals surface area contributed by atoms with Crippen molar-refractivity contribution >= 4 is 10.0 Å². The molecule has 0 radical (unpaired) electrons. The van der Waals surface area contributed by atoms with Gasteiger partial charge in [0.15, 0.2) is 5.76 Å². The number of sulfonamides is 1. The molecule has 124 valence electrons. The Labute approximate surface area is 141 Å². The van der Waals surface area contributed by atoms with E-state index in [1.54, 1.807) is 42.8 Å². The molecule has 0 aliphatic carbocycles. The van der Waals surface area contributed by atoms with Gasteiger partial charge in [0.05, 0.1) is 11.2 Å². The summed E-state index contributed by atoms with van der Waals surface area (Å²) >= 11 is 0. The van der Waals surface area contributed by atoms with Gasteiger partial charge in [-0.3, -0.25) is 4.98 Å². The predicted octanol–water partition coefficient (Wildman–Crippen LogP) is 3.38. The number of rotatable bonds is 6. The second kappa shape index (κ2) is 6.98. The van der Waals surface area contributed by atoms with E-state index in [1.165, 1.54) is 0 Å². The molecule has 0 saturated carbocycles. The van der Waals surface area contributed by atoms with E-state index in [-0.39, 0.29) is 11.4 Å². The van der Waals surface area contributed by atoms with Crippen molar-refractivity contribution in [2.75, 3.05) is 0 Å². The van der Waals surface area contributed by atoms with Crippen molar-refractivity contribution in [1.29, 1.82) is 0 Å². The summed E-state index contributed by atoms with van der Waals surface area (Å²) in [5.74, 6) is 0.608. The highest BCUT2D eigenvalue weighted by Gasteiger charge is 2.16. The Bertz CT molecular complexity index is 902. The third-order valence-corrected chi connectivity index (χ3v) is 5.16. The molecule has 0 unspecified atom stereocenters. The van der Waals surface area contributed by atoms with Crippen LogP contribution in [0.4, 0.5) is 0 Å². The number of hydrogen-bond donors (Lipinski definition) is 1. The molecule has 0 aliphatic rings. The van der Waals surface area contributed by atoms with Crippen LogP contribution in [0, 0.1) is 0 Å². The van der Waals surface area contributed by atoms with Gasteiger partial charge in [-0.15, -0.1) is 0 Å². The maximum Gasteiger partial charge on any atom is 0.240 e. The summed E-state index contributed by atoms with van der Waals surface area (Å²) in [5, 5.41) is 0. The van der Waals surface area contributed by atoms with Gasteiger partial charge in [0, 0.05) is 12.7 Å². The minimum absolute atomic E-state index is 0.141. The fourth-order valence-electron chi connectivity index (χ4n) is 2.38. The van der Waals surface area contributed by atoms with Gasteiger partial charge in [0.1, 0.15) is 5.69 Å². The SMILES string of the molecule is CCc1ccc(S(=O)(=O)NCc2cccnc2-c2ccco2)cc1. The zero-order valence-electron chi connectivity index (χ0n) is 13.3. The number of pyridine rings is 1. The van der Waals surface area contributed by atoms with Gasteiger partial charge < -0.3 is 4.42 Å². The van der Waals surface area contributed by atoms with E-state index in [4.69, 9.17) is 4.42 Å². The molecule has 0 fully saturated rings. The highest BCUT2D eigenvalue weighted by atomic mass is 32.2. The summed E-state index contributed by atoms with van der Waals surface area (Å²) in [6.45, 7) is 2.17. The number of nitrogens with zero attached hydrogens (tertiary/aromatic N) is 1. The lowest BCUT2D eigenvalue weighted by molar-refractivity contribution is 0.575. The van der Waals surface area contributed by atoms with Crippen LogP contribution < -0.4 is 4.72 Å². The smallest absolute Gasteiger partial charge is 0.240 e. The van der Waals surface area contributed by atoms with Crippen LogP contribution in [-0.4, -0.2) is 13.4 Å². The van der Waals surface area contributed by atoms with E-state index >= 15 is 0 Å². The lowest BCUT2D eigenvalue weighted by Gasteiger charge is -2.09. The number of aromatic nitrogens is 1. The number of hydrogen-bond acceptors (Lipinski definition) is 4. The summed E-state index contributed by atoms with van der Waals surface area (Å²) in [6.07, 6.45) is 4.09. The molecule has 0 spiro atoms. The third kappa shape index (κ3) is 3.55. The molecule has 24 heavy (non-hydrogen) atoms. The molecule has 1 aromatic carbocycles. The van der Waals surface area contributed by atoms with E-state index in [0.29, 0.717) is 11.5 Å². The monoisotopic (exact) mass is 342 g/mol. The van der Waals surface area contributed by atoms with E-state index in [0.717, 1.165) is 17.5 Å². The lowest BCUT2D eigenvalue weighted by Crippen LogP contribution is -2.23. The largest absolute Gasteiger partial charge is 0.463 e. The van der Waals surface area contributed by atoms with Crippen molar-refractivity contribution in [2.24, 2.45) is 0 Å². The summed E-state index contributed by atoms with van der Waals surface area (Å²) in [5.41, 5.74) is 2.48. The van der Waals surface area contributed by atoms with E-state index < -0.39 is 10.0 Å². The van der Waals surface area contributed by atoms with Crippen LogP contribution in [0.1, 0.15) is 18.1 Å². The second-order valence-corrected chi connectivity index (χ2v) is 7.08. The van der Waals surface area contributed by atoms with Gasteiger partial charge in [-0.1, -0.05) is 25.1 Å². The zero-order chi connectivity index (χ0) is 17.0. The maximum atomic E-state index is 12.4. The minimum Gasteiger partial charge on any atom is -0.463 e. The van der Waals surface area contributed by atoms with Gasteiger partial charge in [-0.05, 0) is 47.9 Å². The standard InChI is InChI=1S/C18H18N2O3S/c1-2-14-7-9-16(10-8-14)24(21,22)20-13-15-5-3-11-19-18(15)17-6-4-12-23-17/h3-12,20H,2,13H2,1H3. The molecule has 0 saturated heterocycles. The van der Waals surface area contributed by atoms with Crippen LogP contribution in [0.25, 0.3) is 11.5 Å². The number of benzene rings is 1. The molecule has 0 aliphatic heterocycles. The molecule has 6 heteroatoms. The highest BCUT2D eigenvalue weighted by molar-refractivity contribution is 7.89. The third-order valence-electron chi connectivity index (χ3n) is 3.74. The van der Waals surface area contributed by atoms with E-state index in [9.17, 15) is 8.42 Å². The van der Waals surface area contributed by atoms with Crippen molar-refractivity contribution in [3.05, 3.63) is 72.1 Å². The maximum absolute atomic E-state index is 12.4. The average Bonchev–Trinajstić information content (AvgIpc) is 3.15. The van der Waals surface area contributed by atoms with E-state index in [2.05, 4.69) is 9.71 Å². The highest BCUT2D eigenvalue weighted by Crippen LogP contribution is 2.22. The van der Waals surface area contributed by atoms with E-state index in [1.807, 2.05) is 25.1 Å². The number of aryl methyl sites for hydroxylation is 1. The van der Waals surface area contributed by atoms with Gasteiger partial charge >= 0.3 is 0 Å². The summed E-state index contributed by atoms with van der Waals surface area (Å²) in [7, 11) is -3.58. The van der Waals surface area contributed by atoms with Crippen molar-refractivity contribution in [1.82, 2.24) is 9.71 Å². The van der Waals surface area contributed by atoms with Gasteiger partial charge in [-0.2, -0.15) is 0 Å². The first-order valence-electron chi connectivity index (χ1n) is 7.66. The summed E-state index contributed by atoms with van der Waals surface area (Å²) in [6, 6.07) is 14.1. The van der Waals surface area contributed by atoms with Crippen molar-refractivity contribution in [3.8, 4) is 11.5 Å². The van der Waals surface area contributed by atoms with Crippen LogP contribution in [0.3, 0.4) is 0 Å². The Morgan fingerprint density at radius 1 is 1.08 bits per heavy atom. The van der Waals surface area contributed by atoms with Crippen molar-refractivity contribution < 1.29 is 12.8 Å². The Balaban J connectivity index is 1.80. The molecule has 0 amide bonds. The predicted molar refractivity (Wildman–Crippen MR) is 91.8 cm³/mol. The molecule has 0 atom stereocenters. The molecular weight excluding hydrogens is 324 g/mol. The van der Waals surface area contributed by atoms with Crippen LogP contribution in [0.5, 0.6) is 0 Å². The molecule has 0 bridgehead atoms. The summed E-state index contributed by atoms with van der Waals surface area (Å²) < 4.78 is 32.9. The van der Waals surface area contributed by atoms with Gasteiger partial charge in [0.2, 0.25) is 10.0 Å². The first-order valence-corrected chi connectivity index (χ1v) is 9.15. The van der Waals surface area contributed by atoms with Crippen molar-refractivity contribution in [3.63, 3.8) is 0 Å². The van der Waals surface area contributed by atoms with Crippen molar-refractivity contribution in [2.45, 2.75) is 24.8 Å². The topological polar surface area (TPSA) is 72.2 Å². The zero-order valence-corrected chi connectivity index (χ0v) is 14.1. The number of furan rings is 1. The second-order valence-electron chi connectivity index (χ2n) is 5.31. The first-order chi connectivity index (χ1) is 11.6. The van der Waals surface area contributed by atoms with Gasteiger partial charge in [-0.25, -0.2) is 13.1 Å². The molecular formula is C18H18N2O3S. The summed E-state index contributed by atoms with van der Waals surface area (Å²) in [4.78, 5) is 4.54. The lowest BCUT2D eigenvalue weighted by atomic mass is 10.1. The fraction of sp³-hybridized carbons (Fsp3) is 0.167. The fourth-order valence-corrected chi connectivity index (χ4v) is 3.38. The average molecular weight is 342 g/mol. The Morgan fingerprint density at radius 2 is 1.88 bits per heavy atom. The van der Waals surface area contributed by atoms with Crippen LogP contribution in [-0.2, 0) is 23.0 Å². The van der Waals surface area contributed by atoms with Crippen LogP contribution >= 0.6 is 0 Å². The quantitative estimate of drug-likeness (QED) is 0.745. The van der Waals surface area contributed by atoms with Crippen LogP contribution in [0.15, 0.2) is 70.3 Å². The normalized spacial score (nSPS) is 11.5. The molecule has 2 heterocycles. The Kier molecular flexibility index (Phi) is 4.78. The molecule has 3 aromatic rings. The minimum atomic E-state index is -3.58. The molecule has 5 nitrogen and oxygen atoms in total. The Hall–Kier alpha value is -2.44. The molecule has 2 aromatic heterocycles. The number of nitrogens with one attached hydrogen (secondary N) is 1. The molecule has 1 N–H and O–H groups in total.